The molecule has 314 valence electrons. The second-order valence-corrected chi connectivity index (χ2v) is 15.1. The molecule has 6 aromatic rings. The van der Waals surface area contributed by atoms with E-state index >= 15 is 0 Å². The molecule has 0 saturated carbocycles. The van der Waals surface area contributed by atoms with Crippen LogP contribution in [-0.2, 0) is 14.3 Å². The Kier molecular flexibility index (Phi) is 13.6. The van der Waals surface area contributed by atoms with Crippen LogP contribution in [0.1, 0.15) is 69.2 Å². The zero-order chi connectivity index (χ0) is 43.5. The highest BCUT2D eigenvalue weighted by molar-refractivity contribution is 5.98. The highest BCUT2D eigenvalue weighted by Crippen LogP contribution is 2.30. The fourth-order valence-corrected chi connectivity index (χ4v) is 6.55. The van der Waals surface area contributed by atoms with Crippen LogP contribution in [0.25, 0.3) is 21.5 Å². The molecule has 12 heteroatoms. The minimum Gasteiger partial charge on any atom is -0.494 e. The van der Waals surface area contributed by atoms with Crippen LogP contribution in [0, 0.1) is 16.7 Å². The Morgan fingerprint density at radius 1 is 0.613 bits per heavy atom. The topological polar surface area (TPSA) is 157 Å². The second-order valence-electron chi connectivity index (χ2n) is 15.1. The van der Waals surface area contributed by atoms with Crippen molar-refractivity contribution >= 4 is 45.4 Å². The maximum absolute atomic E-state index is 13.2. The fourth-order valence-electron chi connectivity index (χ4n) is 6.55. The number of benzene rings is 6. The summed E-state index contributed by atoms with van der Waals surface area (Å²) in [5.41, 5.74) is 0.907. The van der Waals surface area contributed by atoms with Crippen molar-refractivity contribution in [1.82, 2.24) is 0 Å². The van der Waals surface area contributed by atoms with Crippen LogP contribution in [0.5, 0.6) is 28.7 Å². The van der Waals surface area contributed by atoms with Crippen molar-refractivity contribution in [3.05, 3.63) is 150 Å². The lowest BCUT2D eigenvalue weighted by Crippen LogP contribution is -2.44. The quantitative estimate of drug-likeness (QED) is 0.0350. The number of nitriles is 1. The largest absolute Gasteiger partial charge is 0.494 e. The molecule has 12 nitrogen and oxygen atoms in total. The number of hydrogen-bond acceptors (Lipinski definition) is 12. The molecule has 6 aromatic carbocycles. The zero-order valence-electron chi connectivity index (χ0n) is 34.1. The van der Waals surface area contributed by atoms with E-state index in [-0.39, 0.29) is 28.0 Å². The SMILES string of the molecule is C=CC(=O)OCCCCCCOc1ccc2cc(C(=O)Oc3ccc(OC(=O)c4ccc5cc(OC(=O)c6ccc(OCC7(C)COC7)cc6)ccc5c4)c(C#N)c3)ccc2c1. The Bertz CT molecular complexity index is 2680. The van der Waals surface area contributed by atoms with Crippen molar-refractivity contribution in [3.8, 4) is 34.8 Å². The van der Waals surface area contributed by atoms with Gasteiger partial charge in [-0.25, -0.2) is 19.2 Å². The molecule has 0 aromatic heterocycles. The van der Waals surface area contributed by atoms with E-state index in [1.165, 1.54) is 18.2 Å². The van der Waals surface area contributed by atoms with Gasteiger partial charge in [0.15, 0.2) is 0 Å². The van der Waals surface area contributed by atoms with Crippen molar-refractivity contribution < 1.29 is 52.3 Å². The van der Waals surface area contributed by atoms with Gasteiger partial charge in [0.1, 0.15) is 34.8 Å². The van der Waals surface area contributed by atoms with Gasteiger partial charge in [0.05, 0.1) is 55.3 Å². The van der Waals surface area contributed by atoms with Crippen molar-refractivity contribution in [2.75, 3.05) is 33.0 Å². The van der Waals surface area contributed by atoms with Crippen LogP contribution in [0.4, 0.5) is 0 Å². The highest BCUT2D eigenvalue weighted by atomic mass is 16.6. The van der Waals surface area contributed by atoms with Crippen LogP contribution < -0.4 is 23.7 Å². The molecule has 0 N–H and O–H groups in total. The smallest absolute Gasteiger partial charge is 0.343 e. The molecule has 1 aliphatic rings. The summed E-state index contributed by atoms with van der Waals surface area (Å²) in [4.78, 5) is 50.3. The first-order valence-electron chi connectivity index (χ1n) is 20.1. The zero-order valence-corrected chi connectivity index (χ0v) is 34.1. The van der Waals surface area contributed by atoms with Gasteiger partial charge in [0.25, 0.3) is 0 Å². The maximum atomic E-state index is 13.2. The van der Waals surface area contributed by atoms with Crippen LogP contribution in [0.3, 0.4) is 0 Å². The number of ether oxygens (including phenoxy) is 7. The van der Waals surface area contributed by atoms with E-state index in [0.717, 1.165) is 47.9 Å². The van der Waals surface area contributed by atoms with Crippen LogP contribution in [0.15, 0.2) is 128 Å². The standard InChI is InChI=1S/C50H43NO11/c1-3-46(52)58-23-7-5-4-6-22-57-42-18-14-34-24-38(10-8-36(34)26-42)48(54)61-44-20-21-45(40(28-44)29-51)62-49(55)39-11-9-37-27-43(19-15-35(37)25-39)60-47(53)33-12-16-41(17-13-33)59-32-50(2)30-56-31-50/h3,8-21,24-28H,1,4-7,22-23,30-32H2,2H3. The van der Waals surface area contributed by atoms with Gasteiger partial charge >= 0.3 is 23.9 Å². The second kappa shape index (κ2) is 19.7. The molecular weight excluding hydrogens is 791 g/mol. The van der Waals surface area contributed by atoms with E-state index in [9.17, 15) is 24.4 Å². The first-order chi connectivity index (χ1) is 30.1. The van der Waals surface area contributed by atoms with E-state index in [2.05, 4.69) is 13.5 Å². The molecule has 0 atom stereocenters. The summed E-state index contributed by atoms with van der Waals surface area (Å²) in [6.07, 6.45) is 4.65. The summed E-state index contributed by atoms with van der Waals surface area (Å²) in [5, 5.41) is 13.0. The predicted octanol–water partition coefficient (Wildman–Crippen LogP) is 9.61. The van der Waals surface area contributed by atoms with Gasteiger partial charge in [-0.3, -0.25) is 0 Å². The molecule has 1 fully saturated rings. The average Bonchev–Trinajstić information content (AvgIpc) is 3.28. The molecule has 1 aliphatic heterocycles. The number of unbranched alkanes of at least 4 members (excludes halogenated alkanes) is 3. The summed E-state index contributed by atoms with van der Waals surface area (Å²) >= 11 is 0. The Hall–Kier alpha value is -7.49. The predicted molar refractivity (Wildman–Crippen MR) is 230 cm³/mol. The Morgan fingerprint density at radius 3 is 1.76 bits per heavy atom. The van der Waals surface area contributed by atoms with Gasteiger partial charge in [-0.05, 0) is 132 Å². The molecular formula is C50H43NO11. The fraction of sp³-hybridized carbons (Fsp3) is 0.220. The van der Waals surface area contributed by atoms with E-state index in [1.54, 1.807) is 78.9 Å². The minimum absolute atomic E-state index is 0.00299. The number of hydrogen-bond donors (Lipinski definition) is 0. The number of nitrogens with zero attached hydrogens (tertiary/aromatic N) is 1. The van der Waals surface area contributed by atoms with Crippen LogP contribution in [0.2, 0.25) is 0 Å². The summed E-state index contributed by atoms with van der Waals surface area (Å²) < 4.78 is 38.8. The summed E-state index contributed by atoms with van der Waals surface area (Å²) in [5.74, 6) is -0.465. The Labute approximate surface area is 358 Å². The van der Waals surface area contributed by atoms with Gasteiger partial charge in [0, 0.05) is 17.6 Å². The molecule has 0 amide bonds. The number of esters is 4. The number of fused-ring (bicyclic) bond motifs is 2. The van der Waals surface area contributed by atoms with E-state index in [4.69, 9.17) is 33.2 Å². The molecule has 0 bridgehead atoms. The lowest BCUT2D eigenvalue weighted by Gasteiger charge is -2.37. The Balaban J connectivity index is 0.897. The van der Waals surface area contributed by atoms with E-state index in [1.807, 2.05) is 24.3 Å². The first kappa shape index (κ1) is 42.6. The van der Waals surface area contributed by atoms with Gasteiger partial charge < -0.3 is 33.2 Å². The van der Waals surface area contributed by atoms with Gasteiger partial charge in [-0.1, -0.05) is 37.8 Å². The summed E-state index contributed by atoms with van der Waals surface area (Å²) in [7, 11) is 0. The van der Waals surface area contributed by atoms with Crippen molar-refractivity contribution in [2.45, 2.75) is 32.6 Å². The maximum Gasteiger partial charge on any atom is 0.343 e. The van der Waals surface area contributed by atoms with Crippen molar-refractivity contribution in [1.29, 1.82) is 5.26 Å². The van der Waals surface area contributed by atoms with Crippen molar-refractivity contribution in [3.63, 3.8) is 0 Å². The third-order valence-corrected chi connectivity index (χ3v) is 10.1. The van der Waals surface area contributed by atoms with E-state index in [0.29, 0.717) is 66.8 Å². The van der Waals surface area contributed by atoms with Gasteiger partial charge in [-0.15, -0.1) is 0 Å². The molecule has 0 radical (unpaired) electrons. The van der Waals surface area contributed by atoms with Crippen LogP contribution >= 0.6 is 0 Å². The normalized spacial score (nSPS) is 12.6. The Morgan fingerprint density at radius 2 is 1.13 bits per heavy atom. The molecule has 62 heavy (non-hydrogen) atoms. The third-order valence-electron chi connectivity index (χ3n) is 10.1. The number of rotatable bonds is 18. The molecule has 1 saturated heterocycles. The summed E-state index contributed by atoms with van der Waals surface area (Å²) in [6, 6.07) is 33.7. The van der Waals surface area contributed by atoms with Crippen LogP contribution in [-0.4, -0.2) is 56.9 Å². The molecule has 0 spiro atoms. The lowest BCUT2D eigenvalue weighted by molar-refractivity contribution is -0.137. The van der Waals surface area contributed by atoms with E-state index < -0.39 is 23.9 Å². The van der Waals surface area contributed by atoms with Gasteiger partial charge in [-0.2, -0.15) is 5.26 Å². The van der Waals surface area contributed by atoms with Gasteiger partial charge in [0.2, 0.25) is 0 Å². The average molecular weight is 834 g/mol. The molecule has 0 aliphatic carbocycles. The number of carbonyl (C=O) groups excluding carboxylic acids is 4. The molecule has 0 unspecified atom stereocenters. The number of carbonyl (C=O) groups is 4. The first-order valence-corrected chi connectivity index (χ1v) is 20.1. The monoisotopic (exact) mass is 833 g/mol. The molecule has 1 heterocycles. The highest BCUT2D eigenvalue weighted by Gasteiger charge is 2.34. The minimum atomic E-state index is -0.698. The lowest BCUT2D eigenvalue weighted by atomic mass is 9.90. The summed E-state index contributed by atoms with van der Waals surface area (Å²) in [6.45, 7) is 8.24. The third kappa shape index (κ3) is 11.0. The molecule has 7 rings (SSSR count). The van der Waals surface area contributed by atoms with Crippen molar-refractivity contribution in [2.24, 2.45) is 5.41 Å².